The average molecular weight is 375 g/mol. The Labute approximate surface area is 154 Å². The first-order valence-corrected chi connectivity index (χ1v) is 8.98. The fourth-order valence-electron chi connectivity index (χ4n) is 2.73. The largest absolute Gasteiger partial charge is 0.493 e. The van der Waals surface area contributed by atoms with Gasteiger partial charge in [0.2, 0.25) is 5.91 Å². The molecular formula is C17H27ClN2O3S. The Morgan fingerprint density at radius 1 is 1.33 bits per heavy atom. The average Bonchev–Trinajstić information content (AvgIpc) is 2.54. The Morgan fingerprint density at radius 2 is 2.08 bits per heavy atom. The predicted octanol–water partition coefficient (Wildman–Crippen LogP) is 2.86. The van der Waals surface area contributed by atoms with Gasteiger partial charge in [-0.1, -0.05) is 0 Å². The van der Waals surface area contributed by atoms with Gasteiger partial charge in [-0.3, -0.25) is 4.79 Å². The second kappa shape index (κ2) is 10.7. The molecule has 0 bridgehead atoms. The minimum atomic E-state index is 0. The summed E-state index contributed by atoms with van der Waals surface area (Å²) in [4.78, 5) is 13.1. The van der Waals surface area contributed by atoms with Crippen LogP contribution in [-0.4, -0.2) is 44.5 Å². The molecule has 0 spiro atoms. The van der Waals surface area contributed by atoms with Crippen molar-refractivity contribution in [2.45, 2.75) is 43.2 Å². The molecule has 5 nitrogen and oxygen atoms in total. The lowest BCUT2D eigenvalue weighted by Gasteiger charge is -2.28. The molecular weight excluding hydrogens is 348 g/mol. The lowest BCUT2D eigenvalue weighted by Crippen LogP contribution is -2.46. The number of methoxy groups -OCH3 is 2. The highest BCUT2D eigenvalue weighted by molar-refractivity contribution is 7.99. The maximum Gasteiger partial charge on any atom is 0.221 e. The van der Waals surface area contributed by atoms with E-state index < -0.39 is 0 Å². The van der Waals surface area contributed by atoms with Crippen molar-refractivity contribution in [2.75, 3.05) is 26.5 Å². The quantitative estimate of drug-likeness (QED) is 0.719. The molecule has 2 atom stereocenters. The van der Waals surface area contributed by atoms with Gasteiger partial charge in [0, 0.05) is 29.2 Å². The van der Waals surface area contributed by atoms with E-state index in [0.29, 0.717) is 24.3 Å². The van der Waals surface area contributed by atoms with Gasteiger partial charge in [-0.2, -0.15) is 0 Å². The van der Waals surface area contributed by atoms with Gasteiger partial charge < -0.3 is 20.1 Å². The van der Waals surface area contributed by atoms with E-state index in [1.165, 1.54) is 0 Å². The van der Waals surface area contributed by atoms with Crippen molar-refractivity contribution in [3.8, 4) is 11.5 Å². The van der Waals surface area contributed by atoms with Crippen molar-refractivity contribution >= 4 is 30.1 Å². The van der Waals surface area contributed by atoms with E-state index in [1.54, 1.807) is 26.0 Å². The maximum atomic E-state index is 12.0. The fraction of sp³-hybridized carbons (Fsp3) is 0.588. The molecule has 1 fully saturated rings. The predicted molar refractivity (Wildman–Crippen MR) is 101 cm³/mol. The molecule has 1 saturated heterocycles. The van der Waals surface area contributed by atoms with Crippen LogP contribution in [-0.2, 0) is 4.79 Å². The summed E-state index contributed by atoms with van der Waals surface area (Å²) in [5.74, 6) is 2.32. The molecule has 2 N–H and O–H groups in total. The van der Waals surface area contributed by atoms with E-state index in [-0.39, 0.29) is 18.3 Å². The first-order valence-electron chi connectivity index (χ1n) is 8.00. The Kier molecular flexibility index (Phi) is 9.33. The molecule has 0 aliphatic carbocycles. The van der Waals surface area contributed by atoms with E-state index in [9.17, 15) is 4.79 Å². The zero-order valence-electron chi connectivity index (χ0n) is 14.5. The van der Waals surface area contributed by atoms with Crippen molar-refractivity contribution in [3.05, 3.63) is 18.2 Å². The lowest BCUT2D eigenvalue weighted by atomic mass is 10.0. The summed E-state index contributed by atoms with van der Waals surface area (Å²) < 4.78 is 10.5. The molecule has 2 unspecified atom stereocenters. The number of halogens is 1. The van der Waals surface area contributed by atoms with Crippen LogP contribution in [0.4, 0.5) is 0 Å². The fourth-order valence-corrected chi connectivity index (χ4v) is 3.61. The number of ether oxygens (including phenoxy) is 2. The summed E-state index contributed by atoms with van der Waals surface area (Å²) >= 11 is 1.65. The number of thioether (sulfide) groups is 1. The van der Waals surface area contributed by atoms with Crippen LogP contribution in [0.1, 0.15) is 26.2 Å². The van der Waals surface area contributed by atoms with Gasteiger partial charge in [-0.25, -0.2) is 0 Å². The lowest BCUT2D eigenvalue weighted by molar-refractivity contribution is -0.121. The Hall–Kier alpha value is -1.11. The monoisotopic (exact) mass is 374 g/mol. The molecule has 24 heavy (non-hydrogen) atoms. The summed E-state index contributed by atoms with van der Waals surface area (Å²) in [5, 5.41) is 6.53. The Balaban J connectivity index is 0.00000288. The van der Waals surface area contributed by atoms with Crippen LogP contribution in [0.25, 0.3) is 0 Å². The van der Waals surface area contributed by atoms with Crippen LogP contribution >= 0.6 is 24.2 Å². The number of hydrogen-bond acceptors (Lipinski definition) is 5. The number of hydrogen-bond donors (Lipinski definition) is 2. The van der Waals surface area contributed by atoms with E-state index in [2.05, 4.69) is 17.6 Å². The molecule has 0 radical (unpaired) electrons. The van der Waals surface area contributed by atoms with Crippen LogP contribution < -0.4 is 20.1 Å². The van der Waals surface area contributed by atoms with Crippen LogP contribution in [0, 0.1) is 0 Å². The van der Waals surface area contributed by atoms with Crippen LogP contribution in [0.15, 0.2) is 23.1 Å². The molecule has 1 aromatic carbocycles. The zero-order valence-corrected chi connectivity index (χ0v) is 16.1. The van der Waals surface area contributed by atoms with E-state index in [1.807, 2.05) is 18.2 Å². The highest BCUT2D eigenvalue weighted by atomic mass is 35.5. The summed E-state index contributed by atoms with van der Waals surface area (Å²) in [7, 11) is 3.25. The van der Waals surface area contributed by atoms with Crippen molar-refractivity contribution in [2.24, 2.45) is 0 Å². The Bertz CT molecular complexity index is 531. The number of rotatable bonds is 7. The van der Waals surface area contributed by atoms with Gasteiger partial charge in [0.25, 0.3) is 0 Å². The molecule has 1 aliphatic heterocycles. The smallest absolute Gasteiger partial charge is 0.221 e. The van der Waals surface area contributed by atoms with Crippen molar-refractivity contribution < 1.29 is 14.3 Å². The third-order valence-electron chi connectivity index (χ3n) is 3.94. The highest BCUT2D eigenvalue weighted by Crippen LogP contribution is 2.32. The normalized spacial score (nSPS) is 20.0. The van der Waals surface area contributed by atoms with E-state index in [4.69, 9.17) is 9.47 Å². The molecule has 1 amide bonds. The van der Waals surface area contributed by atoms with Gasteiger partial charge in [-0.05, 0) is 44.5 Å². The second-order valence-electron chi connectivity index (χ2n) is 5.76. The van der Waals surface area contributed by atoms with Crippen LogP contribution in [0.3, 0.4) is 0 Å². The third kappa shape index (κ3) is 6.42. The van der Waals surface area contributed by atoms with Crippen molar-refractivity contribution in [1.82, 2.24) is 10.6 Å². The van der Waals surface area contributed by atoms with Crippen LogP contribution in [0.5, 0.6) is 11.5 Å². The molecule has 1 aromatic rings. The van der Waals surface area contributed by atoms with Crippen molar-refractivity contribution in [3.63, 3.8) is 0 Å². The van der Waals surface area contributed by atoms with Gasteiger partial charge in [-0.15, -0.1) is 24.2 Å². The first-order chi connectivity index (χ1) is 11.1. The van der Waals surface area contributed by atoms with Gasteiger partial charge in [0.1, 0.15) is 0 Å². The van der Waals surface area contributed by atoms with Gasteiger partial charge in [0.15, 0.2) is 11.5 Å². The molecule has 0 saturated carbocycles. The summed E-state index contributed by atoms with van der Waals surface area (Å²) in [6.07, 6.45) is 2.55. The minimum absolute atomic E-state index is 0. The molecule has 7 heteroatoms. The number of piperidine rings is 1. The Morgan fingerprint density at radius 3 is 2.75 bits per heavy atom. The van der Waals surface area contributed by atoms with E-state index in [0.717, 1.165) is 35.8 Å². The third-order valence-corrected chi connectivity index (χ3v) is 4.94. The van der Waals surface area contributed by atoms with Gasteiger partial charge >= 0.3 is 0 Å². The molecule has 136 valence electrons. The number of benzene rings is 1. The second-order valence-corrected chi connectivity index (χ2v) is 6.93. The minimum Gasteiger partial charge on any atom is -0.493 e. The molecule has 0 aromatic heterocycles. The van der Waals surface area contributed by atoms with Crippen LogP contribution in [0.2, 0.25) is 0 Å². The van der Waals surface area contributed by atoms with Crippen molar-refractivity contribution in [1.29, 1.82) is 0 Å². The summed E-state index contributed by atoms with van der Waals surface area (Å²) in [6.45, 7) is 3.14. The number of carbonyl (C=O) groups excluding carboxylic acids is 1. The SMILES string of the molecule is COc1ccc(SCCC(=O)NC2CCNC(C)C2)cc1OC.Cl. The van der Waals surface area contributed by atoms with E-state index >= 15 is 0 Å². The molecule has 1 heterocycles. The topological polar surface area (TPSA) is 59.6 Å². The highest BCUT2D eigenvalue weighted by Gasteiger charge is 2.19. The zero-order chi connectivity index (χ0) is 16.7. The number of nitrogens with one attached hydrogen (secondary N) is 2. The number of carbonyl (C=O) groups is 1. The van der Waals surface area contributed by atoms with Gasteiger partial charge in [0.05, 0.1) is 14.2 Å². The number of amides is 1. The maximum absolute atomic E-state index is 12.0. The molecule has 1 aliphatic rings. The first kappa shape index (κ1) is 20.9. The standard InChI is InChI=1S/C17H26N2O3S.ClH/c1-12-10-13(6-8-18-12)19-17(20)7-9-23-14-4-5-15(21-2)16(11-14)22-3;/h4-5,11-13,18H,6-10H2,1-3H3,(H,19,20);1H. The summed E-state index contributed by atoms with van der Waals surface area (Å²) in [6, 6.07) is 6.60. The summed E-state index contributed by atoms with van der Waals surface area (Å²) in [5.41, 5.74) is 0. The molecule has 2 rings (SSSR count).